The van der Waals surface area contributed by atoms with Crippen molar-refractivity contribution >= 4 is 38.4 Å². The second kappa shape index (κ2) is 6.76. The normalized spacial score (nSPS) is 11.1. The van der Waals surface area contributed by atoms with E-state index in [1.165, 1.54) is 27.1 Å². The molecule has 0 unspecified atom stereocenters. The molecule has 8 nitrogen and oxygen atoms in total. The van der Waals surface area contributed by atoms with Gasteiger partial charge in [0.05, 0.1) is 23.8 Å². The van der Waals surface area contributed by atoms with Gasteiger partial charge in [-0.25, -0.2) is 4.98 Å². The van der Waals surface area contributed by atoms with Crippen LogP contribution in [0.5, 0.6) is 0 Å². The third-order valence-corrected chi connectivity index (χ3v) is 5.13. The molecule has 0 aliphatic carbocycles. The number of hydrogen-bond donors (Lipinski definition) is 1. The van der Waals surface area contributed by atoms with Crippen molar-refractivity contribution in [1.82, 2.24) is 24.6 Å². The lowest BCUT2D eigenvalue weighted by Gasteiger charge is -2.17. The lowest BCUT2D eigenvalue weighted by Crippen LogP contribution is -2.32. The lowest BCUT2D eigenvalue weighted by molar-refractivity contribution is -0.131. The van der Waals surface area contributed by atoms with Gasteiger partial charge in [-0.05, 0) is 23.6 Å². The van der Waals surface area contributed by atoms with Gasteiger partial charge in [-0.15, -0.1) is 11.3 Å². The number of hydrogen-bond acceptors (Lipinski definition) is 6. The van der Waals surface area contributed by atoms with E-state index >= 15 is 0 Å². The van der Waals surface area contributed by atoms with Crippen molar-refractivity contribution in [2.45, 2.75) is 13.1 Å². The van der Waals surface area contributed by atoms with Crippen LogP contribution in [-0.4, -0.2) is 37.6 Å². The number of aromatic nitrogens is 4. The monoisotopic (exact) mass is 381 g/mol. The second-order valence-corrected chi connectivity index (χ2v) is 7.00. The molecule has 3 heterocycles. The fourth-order valence-corrected chi connectivity index (χ4v) is 3.57. The molecule has 1 amide bonds. The number of carbonyl (C=O) groups is 1. The zero-order valence-electron chi connectivity index (χ0n) is 14.4. The molecule has 0 aliphatic heterocycles. The highest BCUT2D eigenvalue weighted by atomic mass is 32.1. The van der Waals surface area contributed by atoms with Crippen molar-refractivity contribution in [3.63, 3.8) is 0 Å². The zero-order valence-corrected chi connectivity index (χ0v) is 15.2. The molecule has 136 valence electrons. The average molecular weight is 381 g/mol. The van der Waals surface area contributed by atoms with Gasteiger partial charge in [0.15, 0.2) is 0 Å². The van der Waals surface area contributed by atoms with E-state index in [0.29, 0.717) is 26.9 Å². The van der Waals surface area contributed by atoms with E-state index in [0.717, 1.165) is 0 Å². The van der Waals surface area contributed by atoms with Crippen LogP contribution in [0.25, 0.3) is 21.1 Å². The predicted octanol–water partition coefficient (Wildman–Crippen LogP) is 1.35. The molecule has 0 aliphatic rings. The quantitative estimate of drug-likeness (QED) is 0.575. The summed E-state index contributed by atoms with van der Waals surface area (Å²) in [7, 11) is 1.63. The summed E-state index contributed by atoms with van der Waals surface area (Å²) in [6.07, 6.45) is 1.21. The topological polar surface area (TPSA) is 101 Å². The Kier molecular flexibility index (Phi) is 4.28. The summed E-state index contributed by atoms with van der Waals surface area (Å²) in [4.78, 5) is 45.1. The number of rotatable bonds is 4. The number of nitrogens with zero attached hydrogens (tertiary/aromatic N) is 4. The second-order valence-electron chi connectivity index (χ2n) is 6.08. The fraction of sp³-hybridized carbons (Fsp3) is 0.167. The van der Waals surface area contributed by atoms with Crippen LogP contribution < -0.4 is 11.0 Å². The summed E-state index contributed by atoms with van der Waals surface area (Å²) in [5, 5.41) is 6.38. The van der Waals surface area contributed by atoms with Crippen LogP contribution in [0.15, 0.2) is 51.5 Å². The molecule has 0 spiro atoms. The summed E-state index contributed by atoms with van der Waals surface area (Å²) in [6.45, 7) is 0.139. The van der Waals surface area contributed by atoms with Gasteiger partial charge in [0.2, 0.25) is 11.3 Å². The van der Waals surface area contributed by atoms with Crippen LogP contribution in [0, 0.1) is 0 Å². The van der Waals surface area contributed by atoms with Crippen molar-refractivity contribution in [1.29, 1.82) is 0 Å². The van der Waals surface area contributed by atoms with E-state index < -0.39 is 0 Å². The van der Waals surface area contributed by atoms with Crippen molar-refractivity contribution in [3.8, 4) is 0 Å². The molecule has 0 bridgehead atoms. The molecule has 0 fully saturated rings. The molecule has 9 heteroatoms. The first-order valence-corrected chi connectivity index (χ1v) is 9.06. The number of benzene rings is 1. The van der Waals surface area contributed by atoms with E-state index in [1.807, 2.05) is 0 Å². The molecule has 0 radical (unpaired) electrons. The number of carbonyl (C=O) groups excluding carboxylic acids is 1. The Labute approximate surface area is 156 Å². The first kappa shape index (κ1) is 17.1. The Hall–Kier alpha value is -3.33. The molecule has 0 saturated heterocycles. The molecule has 3 aromatic heterocycles. The smallest absolute Gasteiger partial charge is 0.268 e. The van der Waals surface area contributed by atoms with E-state index in [9.17, 15) is 14.4 Å². The number of amides is 1. The van der Waals surface area contributed by atoms with Gasteiger partial charge in [-0.1, -0.05) is 12.1 Å². The van der Waals surface area contributed by atoms with Crippen molar-refractivity contribution in [2.24, 2.45) is 0 Å². The summed E-state index contributed by atoms with van der Waals surface area (Å²) in [6, 6.07) is 8.79. The predicted molar refractivity (Wildman–Crippen MR) is 103 cm³/mol. The Morgan fingerprint density at radius 2 is 2.07 bits per heavy atom. The molecular formula is C18H15N5O3S. The first-order chi connectivity index (χ1) is 13.0. The highest BCUT2D eigenvalue weighted by molar-refractivity contribution is 7.17. The molecular weight excluding hydrogens is 366 g/mol. The van der Waals surface area contributed by atoms with Crippen LogP contribution in [0.4, 0.5) is 0 Å². The van der Waals surface area contributed by atoms with Gasteiger partial charge < -0.3 is 9.88 Å². The van der Waals surface area contributed by atoms with Gasteiger partial charge in [-0.3, -0.25) is 19.1 Å². The maximum atomic E-state index is 12.6. The van der Waals surface area contributed by atoms with Gasteiger partial charge in [0.25, 0.3) is 5.56 Å². The maximum absolute atomic E-state index is 12.6. The lowest BCUT2D eigenvalue weighted by atomic mass is 10.2. The number of H-pyrrole nitrogens is 1. The molecule has 4 rings (SSSR count). The Morgan fingerprint density at radius 1 is 1.26 bits per heavy atom. The molecule has 4 aromatic rings. The highest BCUT2D eigenvalue weighted by Gasteiger charge is 2.14. The largest absolute Gasteiger partial charge is 0.337 e. The summed E-state index contributed by atoms with van der Waals surface area (Å²) >= 11 is 1.33. The first-order valence-electron chi connectivity index (χ1n) is 8.18. The molecule has 0 atom stereocenters. The number of para-hydroxylation sites is 1. The van der Waals surface area contributed by atoms with Crippen LogP contribution in [0.3, 0.4) is 0 Å². The Morgan fingerprint density at radius 3 is 2.93 bits per heavy atom. The van der Waals surface area contributed by atoms with Crippen LogP contribution >= 0.6 is 11.3 Å². The van der Waals surface area contributed by atoms with E-state index in [-0.39, 0.29) is 30.0 Å². The molecule has 1 N–H and O–H groups in total. The van der Waals surface area contributed by atoms with Gasteiger partial charge in [-0.2, -0.15) is 5.10 Å². The Balaban J connectivity index is 1.57. The van der Waals surface area contributed by atoms with Crippen LogP contribution in [0.1, 0.15) is 5.82 Å². The van der Waals surface area contributed by atoms with Crippen molar-refractivity contribution in [2.75, 3.05) is 7.05 Å². The summed E-state index contributed by atoms with van der Waals surface area (Å²) in [5.74, 6) is 0.198. The summed E-state index contributed by atoms with van der Waals surface area (Å²) < 4.78 is 2.06. The van der Waals surface area contributed by atoms with Gasteiger partial charge in [0, 0.05) is 12.4 Å². The minimum absolute atomic E-state index is 0.0256. The van der Waals surface area contributed by atoms with Crippen LogP contribution in [-0.2, 0) is 17.9 Å². The van der Waals surface area contributed by atoms with Crippen molar-refractivity contribution in [3.05, 3.63) is 68.3 Å². The van der Waals surface area contributed by atoms with E-state index in [4.69, 9.17) is 0 Å². The van der Waals surface area contributed by atoms with Gasteiger partial charge >= 0.3 is 0 Å². The number of likely N-dealkylation sites (N-methyl/N-ethyl adjacent to an activating group) is 1. The minimum atomic E-state index is -0.218. The Bertz CT molecular complexity index is 1270. The maximum Gasteiger partial charge on any atom is 0.268 e. The third-order valence-electron chi connectivity index (χ3n) is 4.22. The average Bonchev–Trinajstić information content (AvgIpc) is 3.13. The standard InChI is InChI=1S/C18H15N5O3S/c1-22(9-15-20-12-6-7-27-17(12)18(26)21-15)16(25)10-23-13-5-3-2-4-11(13)14(24)8-19-23/h2-8H,9-10H2,1H3,(H,20,21,26). The van der Waals surface area contributed by atoms with E-state index in [2.05, 4.69) is 15.1 Å². The van der Waals surface area contributed by atoms with E-state index in [1.54, 1.807) is 42.8 Å². The van der Waals surface area contributed by atoms with Crippen molar-refractivity contribution < 1.29 is 4.79 Å². The minimum Gasteiger partial charge on any atom is -0.337 e. The third kappa shape index (κ3) is 3.24. The number of thiophene rings is 1. The molecule has 1 aromatic carbocycles. The van der Waals surface area contributed by atoms with Gasteiger partial charge in [0.1, 0.15) is 17.1 Å². The summed E-state index contributed by atoms with van der Waals surface area (Å²) in [5.41, 5.74) is 0.818. The van der Waals surface area contributed by atoms with Crippen LogP contribution in [0.2, 0.25) is 0 Å². The SMILES string of the molecule is CN(Cc1nc2ccsc2c(=O)[nH]1)C(=O)Cn1ncc(=O)c2ccccc21. The number of fused-ring (bicyclic) bond motifs is 2. The highest BCUT2D eigenvalue weighted by Crippen LogP contribution is 2.14. The number of aromatic amines is 1. The number of nitrogens with one attached hydrogen (secondary N) is 1. The fourth-order valence-electron chi connectivity index (χ4n) is 2.85. The zero-order chi connectivity index (χ0) is 19.0. The molecule has 0 saturated carbocycles. The molecule has 27 heavy (non-hydrogen) atoms.